The molecule has 0 heterocycles. The van der Waals surface area contributed by atoms with Gasteiger partial charge in [-0.25, -0.2) is 8.42 Å². The van der Waals surface area contributed by atoms with Crippen molar-refractivity contribution in [3.05, 3.63) is 29.8 Å². The van der Waals surface area contributed by atoms with Crippen LogP contribution in [0.15, 0.2) is 24.3 Å². The Morgan fingerprint density at radius 1 is 1.30 bits per heavy atom. The Morgan fingerprint density at radius 2 is 1.91 bits per heavy atom. The number of rotatable bonds is 7. The number of amides is 1. The van der Waals surface area contributed by atoms with Crippen molar-refractivity contribution in [1.82, 2.24) is 4.31 Å². The van der Waals surface area contributed by atoms with Gasteiger partial charge in [0, 0.05) is 13.7 Å². The number of nitrogens with one attached hydrogen (secondary N) is 1. The summed E-state index contributed by atoms with van der Waals surface area (Å²) in [6.45, 7) is -0.627. The molecule has 0 atom stereocenters. The highest BCUT2D eigenvalue weighted by Crippen LogP contribution is 2.34. The van der Waals surface area contributed by atoms with E-state index in [1.54, 1.807) is 0 Å². The molecular formula is C13H17F3N2O4S. The van der Waals surface area contributed by atoms with E-state index in [9.17, 15) is 26.4 Å². The zero-order chi connectivity index (χ0) is 17.7. The summed E-state index contributed by atoms with van der Waals surface area (Å²) in [7, 11) is -2.33. The van der Waals surface area contributed by atoms with Crippen LogP contribution < -0.4 is 5.32 Å². The lowest BCUT2D eigenvalue weighted by atomic mass is 10.1. The van der Waals surface area contributed by atoms with Gasteiger partial charge in [-0.2, -0.15) is 17.5 Å². The summed E-state index contributed by atoms with van der Waals surface area (Å²) in [6, 6.07) is 4.46. The van der Waals surface area contributed by atoms with Crippen LogP contribution in [0.5, 0.6) is 0 Å². The molecule has 1 rings (SSSR count). The van der Waals surface area contributed by atoms with Crippen LogP contribution in [-0.4, -0.2) is 51.7 Å². The fraction of sp³-hybridized carbons (Fsp3) is 0.462. The molecule has 0 fully saturated rings. The van der Waals surface area contributed by atoms with Gasteiger partial charge in [-0.15, -0.1) is 0 Å². The van der Waals surface area contributed by atoms with Crippen molar-refractivity contribution in [3.63, 3.8) is 0 Å². The van der Waals surface area contributed by atoms with Gasteiger partial charge in [-0.1, -0.05) is 12.1 Å². The van der Waals surface area contributed by atoms with E-state index >= 15 is 0 Å². The highest BCUT2D eigenvalue weighted by Gasteiger charge is 2.33. The average Bonchev–Trinajstić information content (AvgIpc) is 2.41. The fourth-order valence-corrected chi connectivity index (χ4v) is 2.50. The monoisotopic (exact) mass is 354 g/mol. The third kappa shape index (κ3) is 6.16. The Morgan fingerprint density at radius 3 is 2.43 bits per heavy atom. The Kier molecular flexibility index (Phi) is 6.54. The minimum atomic E-state index is -4.63. The molecule has 0 aliphatic carbocycles. The molecule has 1 N–H and O–H groups in total. The van der Waals surface area contributed by atoms with E-state index in [4.69, 9.17) is 4.74 Å². The summed E-state index contributed by atoms with van der Waals surface area (Å²) in [4.78, 5) is 11.9. The van der Waals surface area contributed by atoms with E-state index in [2.05, 4.69) is 5.32 Å². The quantitative estimate of drug-likeness (QED) is 0.806. The molecule has 6 nitrogen and oxygen atoms in total. The number of ether oxygens (including phenoxy) is 1. The Bertz CT molecular complexity index is 647. The first-order valence-corrected chi connectivity index (χ1v) is 8.30. The molecule has 1 aromatic carbocycles. The summed E-state index contributed by atoms with van der Waals surface area (Å²) < 4.78 is 67.2. The molecule has 1 aromatic rings. The van der Waals surface area contributed by atoms with Crippen molar-refractivity contribution in [1.29, 1.82) is 0 Å². The smallest absolute Gasteiger partial charge is 0.383 e. The third-order valence-corrected chi connectivity index (χ3v) is 4.09. The van der Waals surface area contributed by atoms with Crippen molar-refractivity contribution in [2.24, 2.45) is 0 Å². The fourth-order valence-electron chi connectivity index (χ4n) is 1.74. The highest BCUT2D eigenvalue weighted by molar-refractivity contribution is 7.88. The summed E-state index contributed by atoms with van der Waals surface area (Å²) in [5.41, 5.74) is -1.43. The standard InChI is InChI=1S/C13H17F3N2O4S/c1-22-8-7-18(23(2,20)21)9-12(19)17-11-6-4-3-5-10(11)13(14,15)16/h3-6H,7-9H2,1-2H3,(H,17,19). The van der Waals surface area contributed by atoms with Crippen LogP contribution in [-0.2, 0) is 25.7 Å². The molecule has 1 amide bonds. The third-order valence-electron chi connectivity index (χ3n) is 2.84. The number of sulfonamides is 1. The Hall–Kier alpha value is -1.65. The molecule has 0 aliphatic heterocycles. The molecule has 0 aliphatic rings. The number of benzene rings is 1. The molecule has 0 unspecified atom stereocenters. The van der Waals surface area contributed by atoms with Gasteiger partial charge in [0.05, 0.1) is 30.7 Å². The van der Waals surface area contributed by atoms with Gasteiger partial charge < -0.3 is 10.1 Å². The van der Waals surface area contributed by atoms with E-state index in [-0.39, 0.29) is 13.2 Å². The lowest BCUT2D eigenvalue weighted by molar-refractivity contribution is -0.137. The maximum Gasteiger partial charge on any atom is 0.418 e. The second kappa shape index (κ2) is 7.75. The second-order valence-corrected chi connectivity index (χ2v) is 6.66. The van der Waals surface area contributed by atoms with E-state index in [0.717, 1.165) is 22.7 Å². The molecule has 0 spiro atoms. The molecule has 10 heteroatoms. The number of halogens is 3. The highest BCUT2D eigenvalue weighted by atomic mass is 32.2. The molecule has 0 saturated carbocycles. The molecule has 0 aromatic heterocycles. The first-order chi connectivity index (χ1) is 10.6. The number of anilines is 1. The normalized spacial score (nSPS) is 12.4. The Labute approximate surface area is 132 Å². The van der Waals surface area contributed by atoms with Crippen molar-refractivity contribution < 1.29 is 31.1 Å². The van der Waals surface area contributed by atoms with Crippen LogP contribution in [0.2, 0.25) is 0 Å². The van der Waals surface area contributed by atoms with Crippen LogP contribution in [0.1, 0.15) is 5.56 Å². The maximum absolute atomic E-state index is 12.8. The van der Waals surface area contributed by atoms with Gasteiger partial charge in [-0.3, -0.25) is 4.79 Å². The molecular weight excluding hydrogens is 337 g/mol. The van der Waals surface area contributed by atoms with Crippen LogP contribution in [0.3, 0.4) is 0 Å². The lowest BCUT2D eigenvalue weighted by Crippen LogP contribution is -2.39. The van der Waals surface area contributed by atoms with E-state index < -0.39 is 39.9 Å². The molecule has 0 bridgehead atoms. The predicted molar refractivity (Wildman–Crippen MR) is 78.4 cm³/mol. The number of methoxy groups -OCH3 is 1. The lowest BCUT2D eigenvalue weighted by Gasteiger charge is -2.20. The van der Waals surface area contributed by atoms with Crippen LogP contribution in [0.4, 0.5) is 18.9 Å². The molecule has 130 valence electrons. The number of hydrogen-bond acceptors (Lipinski definition) is 4. The first kappa shape index (κ1) is 19.4. The van der Waals surface area contributed by atoms with Gasteiger partial charge in [0.15, 0.2) is 0 Å². The SMILES string of the molecule is COCCN(CC(=O)Nc1ccccc1C(F)(F)F)S(C)(=O)=O. The van der Waals surface area contributed by atoms with E-state index in [1.807, 2.05) is 0 Å². The number of carbonyl (C=O) groups is 1. The Balaban J connectivity index is 2.88. The first-order valence-electron chi connectivity index (χ1n) is 6.46. The topological polar surface area (TPSA) is 75.7 Å². The zero-order valence-electron chi connectivity index (χ0n) is 12.6. The van der Waals surface area contributed by atoms with Crippen molar-refractivity contribution >= 4 is 21.6 Å². The molecule has 23 heavy (non-hydrogen) atoms. The second-order valence-electron chi connectivity index (χ2n) is 4.68. The van der Waals surface area contributed by atoms with Gasteiger partial charge in [0.2, 0.25) is 15.9 Å². The summed E-state index contributed by atoms with van der Waals surface area (Å²) >= 11 is 0. The molecule has 0 radical (unpaired) electrons. The number of para-hydroxylation sites is 1. The molecule has 0 saturated heterocycles. The van der Waals surface area contributed by atoms with Crippen molar-refractivity contribution in [3.8, 4) is 0 Å². The summed E-state index contributed by atoms with van der Waals surface area (Å²) in [6.07, 6.45) is -3.73. The predicted octanol–water partition coefficient (Wildman–Crippen LogP) is 1.55. The number of hydrogen-bond donors (Lipinski definition) is 1. The van der Waals surface area contributed by atoms with Crippen LogP contribution in [0.25, 0.3) is 0 Å². The largest absolute Gasteiger partial charge is 0.418 e. The summed E-state index contributed by atoms with van der Waals surface area (Å²) in [5.74, 6) is -0.872. The number of carbonyl (C=O) groups excluding carboxylic acids is 1. The van der Waals surface area contributed by atoms with Crippen molar-refractivity contribution in [2.75, 3.05) is 38.4 Å². The maximum atomic E-state index is 12.8. The van der Waals surface area contributed by atoms with Gasteiger partial charge in [-0.05, 0) is 12.1 Å². The van der Waals surface area contributed by atoms with Gasteiger partial charge in [0.25, 0.3) is 0 Å². The number of alkyl halides is 3. The summed E-state index contributed by atoms with van der Waals surface area (Å²) in [5, 5.41) is 2.09. The van der Waals surface area contributed by atoms with Gasteiger partial charge in [0.1, 0.15) is 0 Å². The minimum absolute atomic E-state index is 0.0550. The zero-order valence-corrected chi connectivity index (χ0v) is 13.4. The van der Waals surface area contributed by atoms with Crippen LogP contribution >= 0.6 is 0 Å². The van der Waals surface area contributed by atoms with Crippen LogP contribution in [0, 0.1) is 0 Å². The van der Waals surface area contributed by atoms with Crippen molar-refractivity contribution in [2.45, 2.75) is 6.18 Å². The minimum Gasteiger partial charge on any atom is -0.383 e. The van der Waals surface area contributed by atoms with E-state index in [1.165, 1.54) is 19.2 Å². The number of nitrogens with zero attached hydrogens (tertiary/aromatic N) is 1. The van der Waals surface area contributed by atoms with Gasteiger partial charge >= 0.3 is 6.18 Å². The van der Waals surface area contributed by atoms with E-state index in [0.29, 0.717) is 0 Å². The average molecular weight is 354 g/mol.